The molecular formula is C16H13ClO2. The highest BCUT2D eigenvalue weighted by molar-refractivity contribution is 6.30. The summed E-state index contributed by atoms with van der Waals surface area (Å²) in [5, 5.41) is 9.77. The molecule has 1 unspecified atom stereocenters. The van der Waals surface area contributed by atoms with Crippen LogP contribution in [0.15, 0.2) is 42.5 Å². The first-order valence-electron chi connectivity index (χ1n) is 6.24. The average molecular weight is 273 g/mol. The summed E-state index contributed by atoms with van der Waals surface area (Å²) in [4.78, 5) is 11.0. The zero-order valence-electron chi connectivity index (χ0n) is 10.3. The molecule has 0 amide bonds. The molecule has 0 bridgehead atoms. The minimum absolute atomic E-state index is 0.0275. The van der Waals surface area contributed by atoms with Crippen LogP contribution in [0, 0.1) is 0 Å². The van der Waals surface area contributed by atoms with Crippen LogP contribution in [-0.2, 0) is 11.2 Å². The van der Waals surface area contributed by atoms with E-state index in [0.29, 0.717) is 5.02 Å². The van der Waals surface area contributed by atoms with Crippen LogP contribution in [0.25, 0.3) is 11.1 Å². The van der Waals surface area contributed by atoms with Gasteiger partial charge in [-0.2, -0.15) is 0 Å². The summed E-state index contributed by atoms with van der Waals surface area (Å²) in [7, 11) is 0. The summed E-state index contributed by atoms with van der Waals surface area (Å²) in [5.74, 6) is -0.732. The first-order chi connectivity index (χ1) is 9.15. The number of carboxylic acid groups (broad SMARTS) is 1. The predicted octanol–water partition coefficient (Wildman–Crippen LogP) is 4.12. The fraction of sp³-hybridized carbons (Fsp3) is 0.188. The molecule has 0 saturated heterocycles. The molecule has 2 aromatic carbocycles. The molecule has 1 aliphatic carbocycles. The Labute approximate surface area is 116 Å². The number of hydrogen-bond donors (Lipinski definition) is 1. The smallest absolute Gasteiger partial charge is 0.303 e. The van der Waals surface area contributed by atoms with Crippen LogP contribution >= 0.6 is 11.6 Å². The Bertz CT molecular complexity index is 649. The fourth-order valence-electron chi connectivity index (χ4n) is 2.86. The molecule has 96 valence electrons. The van der Waals surface area contributed by atoms with Crippen molar-refractivity contribution < 1.29 is 9.90 Å². The van der Waals surface area contributed by atoms with E-state index >= 15 is 0 Å². The molecular weight excluding hydrogens is 260 g/mol. The summed E-state index contributed by atoms with van der Waals surface area (Å²) >= 11 is 6.04. The summed E-state index contributed by atoms with van der Waals surface area (Å²) in [6, 6.07) is 13.9. The van der Waals surface area contributed by atoms with Gasteiger partial charge in [0.15, 0.2) is 0 Å². The van der Waals surface area contributed by atoms with Crippen molar-refractivity contribution in [3.8, 4) is 11.1 Å². The maximum Gasteiger partial charge on any atom is 0.303 e. The van der Waals surface area contributed by atoms with Crippen molar-refractivity contribution in [1.29, 1.82) is 0 Å². The van der Waals surface area contributed by atoms with Crippen LogP contribution < -0.4 is 0 Å². The molecule has 1 aliphatic rings. The third kappa shape index (κ3) is 2.24. The van der Waals surface area contributed by atoms with E-state index in [1.54, 1.807) is 0 Å². The largest absolute Gasteiger partial charge is 0.481 e. The van der Waals surface area contributed by atoms with Gasteiger partial charge >= 0.3 is 5.97 Å². The lowest BCUT2D eigenvalue weighted by Crippen LogP contribution is -2.14. The molecule has 0 radical (unpaired) electrons. The van der Waals surface area contributed by atoms with Crippen LogP contribution in [0.2, 0.25) is 5.02 Å². The van der Waals surface area contributed by atoms with Gasteiger partial charge in [-0.1, -0.05) is 41.9 Å². The Morgan fingerprint density at radius 1 is 1.21 bits per heavy atom. The van der Waals surface area contributed by atoms with Gasteiger partial charge in [0.05, 0.1) is 6.42 Å². The highest BCUT2D eigenvalue weighted by Gasteiger charge is 2.26. The topological polar surface area (TPSA) is 37.3 Å². The zero-order chi connectivity index (χ0) is 13.4. The van der Waals surface area contributed by atoms with E-state index in [-0.39, 0.29) is 12.3 Å². The van der Waals surface area contributed by atoms with E-state index in [1.807, 2.05) is 36.4 Å². The highest BCUT2D eigenvalue weighted by atomic mass is 35.5. The molecule has 2 nitrogen and oxygen atoms in total. The standard InChI is InChI=1S/C16H13ClO2/c17-12-5-6-14-10(8-12)7-11(9-16(18)19)13-3-1-2-4-15(13)14/h1-6,8,11H,7,9H2,(H,18,19). The number of carbonyl (C=O) groups is 1. The van der Waals surface area contributed by atoms with Crippen molar-refractivity contribution in [3.63, 3.8) is 0 Å². The lowest BCUT2D eigenvalue weighted by Gasteiger charge is -2.27. The van der Waals surface area contributed by atoms with Crippen molar-refractivity contribution in [1.82, 2.24) is 0 Å². The molecule has 1 atom stereocenters. The first-order valence-corrected chi connectivity index (χ1v) is 6.62. The third-order valence-electron chi connectivity index (χ3n) is 3.65. The highest BCUT2D eigenvalue weighted by Crippen LogP contribution is 2.41. The zero-order valence-corrected chi connectivity index (χ0v) is 11.0. The number of aliphatic carboxylic acids is 1. The van der Waals surface area contributed by atoms with Gasteiger partial charge in [-0.05, 0) is 46.7 Å². The number of halogens is 1. The van der Waals surface area contributed by atoms with Gasteiger partial charge in [0, 0.05) is 5.02 Å². The van der Waals surface area contributed by atoms with E-state index in [1.165, 1.54) is 5.56 Å². The van der Waals surface area contributed by atoms with Gasteiger partial charge in [-0.25, -0.2) is 0 Å². The molecule has 0 spiro atoms. The first kappa shape index (κ1) is 12.2. The van der Waals surface area contributed by atoms with Crippen molar-refractivity contribution in [3.05, 3.63) is 58.6 Å². The Morgan fingerprint density at radius 2 is 2.00 bits per heavy atom. The Morgan fingerprint density at radius 3 is 2.79 bits per heavy atom. The minimum atomic E-state index is -0.759. The number of hydrogen-bond acceptors (Lipinski definition) is 1. The second kappa shape index (κ2) is 4.71. The normalized spacial score (nSPS) is 16.6. The molecule has 2 aromatic rings. The maximum atomic E-state index is 11.0. The van der Waals surface area contributed by atoms with Crippen LogP contribution in [-0.4, -0.2) is 11.1 Å². The van der Waals surface area contributed by atoms with Gasteiger partial charge in [0.25, 0.3) is 0 Å². The van der Waals surface area contributed by atoms with E-state index in [0.717, 1.165) is 23.1 Å². The van der Waals surface area contributed by atoms with Crippen molar-refractivity contribution >= 4 is 17.6 Å². The maximum absolute atomic E-state index is 11.0. The van der Waals surface area contributed by atoms with Crippen LogP contribution in [0.4, 0.5) is 0 Å². The van der Waals surface area contributed by atoms with Gasteiger partial charge in [-0.15, -0.1) is 0 Å². The molecule has 0 heterocycles. The van der Waals surface area contributed by atoms with E-state index < -0.39 is 5.97 Å². The van der Waals surface area contributed by atoms with Gasteiger partial charge in [0.1, 0.15) is 0 Å². The van der Waals surface area contributed by atoms with Crippen LogP contribution in [0.1, 0.15) is 23.5 Å². The average Bonchev–Trinajstić information content (AvgIpc) is 2.38. The van der Waals surface area contributed by atoms with E-state index in [2.05, 4.69) is 6.07 Å². The molecule has 19 heavy (non-hydrogen) atoms. The molecule has 0 aromatic heterocycles. The lowest BCUT2D eigenvalue weighted by molar-refractivity contribution is -0.137. The second-order valence-electron chi connectivity index (χ2n) is 4.89. The quantitative estimate of drug-likeness (QED) is 0.893. The van der Waals surface area contributed by atoms with E-state index in [9.17, 15) is 4.79 Å². The lowest BCUT2D eigenvalue weighted by atomic mass is 9.77. The number of fused-ring (bicyclic) bond motifs is 3. The van der Waals surface area contributed by atoms with Gasteiger partial charge < -0.3 is 5.11 Å². The second-order valence-corrected chi connectivity index (χ2v) is 5.32. The van der Waals surface area contributed by atoms with Crippen molar-refractivity contribution in [2.75, 3.05) is 0 Å². The Hall–Kier alpha value is -1.80. The number of carboxylic acids is 1. The third-order valence-corrected chi connectivity index (χ3v) is 3.88. The van der Waals surface area contributed by atoms with Crippen molar-refractivity contribution in [2.45, 2.75) is 18.8 Å². The molecule has 0 fully saturated rings. The minimum Gasteiger partial charge on any atom is -0.481 e. The van der Waals surface area contributed by atoms with Gasteiger partial charge in [0.2, 0.25) is 0 Å². The van der Waals surface area contributed by atoms with Crippen LogP contribution in [0.3, 0.4) is 0 Å². The molecule has 0 saturated carbocycles. The van der Waals surface area contributed by atoms with Crippen molar-refractivity contribution in [2.24, 2.45) is 0 Å². The fourth-order valence-corrected chi connectivity index (χ4v) is 3.06. The SMILES string of the molecule is O=C(O)CC1Cc2cc(Cl)ccc2-c2ccccc21. The van der Waals surface area contributed by atoms with Crippen LogP contribution in [0.5, 0.6) is 0 Å². The Balaban J connectivity index is 2.14. The summed E-state index contributed by atoms with van der Waals surface area (Å²) in [5.41, 5.74) is 4.56. The molecule has 3 heteroatoms. The molecule has 1 N–H and O–H groups in total. The number of benzene rings is 2. The molecule has 3 rings (SSSR count). The Kier molecular flexibility index (Phi) is 3.03. The number of rotatable bonds is 2. The summed E-state index contributed by atoms with van der Waals surface area (Å²) in [6.07, 6.45) is 0.891. The predicted molar refractivity (Wildman–Crippen MR) is 75.6 cm³/mol. The monoisotopic (exact) mass is 272 g/mol. The van der Waals surface area contributed by atoms with Gasteiger partial charge in [-0.3, -0.25) is 4.79 Å². The summed E-state index contributed by atoms with van der Waals surface area (Å²) in [6.45, 7) is 0. The summed E-state index contributed by atoms with van der Waals surface area (Å²) < 4.78 is 0. The molecule has 0 aliphatic heterocycles. The van der Waals surface area contributed by atoms with E-state index in [4.69, 9.17) is 16.7 Å².